The van der Waals surface area contributed by atoms with E-state index in [9.17, 15) is 26.4 Å². The minimum Gasteiger partial charge on any atom is -0.497 e. The largest absolute Gasteiger partial charge is 0.497 e. The Hall–Kier alpha value is -2.85. The molecule has 6 nitrogen and oxygen atoms in total. The van der Waals surface area contributed by atoms with Gasteiger partial charge in [-0.1, -0.05) is 18.2 Å². The van der Waals surface area contributed by atoms with Crippen LogP contribution in [0.4, 0.5) is 13.2 Å². The number of nitrogens with one attached hydrogen (secondary N) is 1. The third-order valence-corrected chi connectivity index (χ3v) is 6.72. The molecule has 2 aromatic rings. The number of halogens is 3. The summed E-state index contributed by atoms with van der Waals surface area (Å²) in [5.41, 5.74) is 1.97. The van der Waals surface area contributed by atoms with Crippen molar-refractivity contribution >= 4 is 21.5 Å². The van der Waals surface area contributed by atoms with Gasteiger partial charge in [0.25, 0.3) is 5.91 Å². The van der Waals surface area contributed by atoms with Crippen LogP contribution in [0, 0.1) is 0 Å². The topological polar surface area (TPSA) is 75.7 Å². The fraction of sp³-hybridized carbons (Fsp3) is 0.286. The predicted octanol–water partition coefficient (Wildman–Crippen LogP) is 3.47. The molecule has 1 amide bonds. The Morgan fingerprint density at radius 1 is 1.10 bits per heavy atom. The van der Waals surface area contributed by atoms with Crippen molar-refractivity contribution in [2.45, 2.75) is 17.5 Å². The highest BCUT2D eigenvalue weighted by molar-refractivity contribution is 7.89. The summed E-state index contributed by atoms with van der Waals surface area (Å²) in [4.78, 5) is 11.8. The van der Waals surface area contributed by atoms with Crippen LogP contribution in [0.1, 0.15) is 22.3 Å². The first-order chi connectivity index (χ1) is 14.6. The molecule has 0 fully saturated rings. The van der Waals surface area contributed by atoms with Crippen LogP contribution in [-0.2, 0) is 10.0 Å². The zero-order chi connectivity index (χ0) is 22.6. The van der Waals surface area contributed by atoms with E-state index in [-0.39, 0.29) is 23.5 Å². The Morgan fingerprint density at radius 2 is 1.74 bits per heavy atom. The molecule has 0 atom stereocenters. The van der Waals surface area contributed by atoms with Gasteiger partial charge in [0.15, 0.2) is 0 Å². The molecule has 0 saturated heterocycles. The maximum atomic E-state index is 12.9. The lowest BCUT2D eigenvalue weighted by Crippen LogP contribution is -2.35. The lowest BCUT2D eigenvalue weighted by atomic mass is 10.0. The second-order valence-corrected chi connectivity index (χ2v) is 8.83. The van der Waals surface area contributed by atoms with Crippen molar-refractivity contribution < 1.29 is 31.1 Å². The van der Waals surface area contributed by atoms with Crippen LogP contribution >= 0.6 is 0 Å². The second-order valence-electron chi connectivity index (χ2n) is 6.89. The molecule has 1 aliphatic heterocycles. The van der Waals surface area contributed by atoms with Gasteiger partial charge in [-0.05, 0) is 54.0 Å². The molecule has 0 unspecified atom stereocenters. The number of sulfonamides is 1. The van der Waals surface area contributed by atoms with Crippen LogP contribution in [0.25, 0.3) is 5.57 Å². The van der Waals surface area contributed by atoms with Crippen molar-refractivity contribution in [1.82, 2.24) is 9.62 Å². The van der Waals surface area contributed by atoms with E-state index in [0.717, 1.165) is 16.9 Å². The van der Waals surface area contributed by atoms with E-state index < -0.39 is 28.7 Å². The van der Waals surface area contributed by atoms with Crippen LogP contribution in [-0.4, -0.2) is 51.6 Å². The number of benzene rings is 2. The molecule has 1 aliphatic rings. The quantitative estimate of drug-likeness (QED) is 0.726. The van der Waals surface area contributed by atoms with Gasteiger partial charge >= 0.3 is 6.18 Å². The Labute approximate surface area is 178 Å². The normalized spacial score (nSPS) is 15.3. The zero-order valence-corrected chi connectivity index (χ0v) is 17.5. The Kier molecular flexibility index (Phi) is 6.71. The minimum absolute atomic E-state index is 0.0267. The molecule has 2 aromatic carbocycles. The summed E-state index contributed by atoms with van der Waals surface area (Å²) in [5.74, 6) is -0.189. The van der Waals surface area contributed by atoms with E-state index in [1.54, 1.807) is 12.4 Å². The molecule has 0 aliphatic carbocycles. The molecule has 0 spiro atoms. The van der Waals surface area contributed by atoms with Gasteiger partial charge in [0.1, 0.15) is 12.3 Å². The van der Waals surface area contributed by atoms with Gasteiger partial charge in [-0.2, -0.15) is 17.5 Å². The number of rotatable bonds is 6. The molecular formula is C21H21F3N2O4S. The summed E-state index contributed by atoms with van der Waals surface area (Å²) in [6.45, 7) is -0.978. The Morgan fingerprint density at radius 3 is 2.26 bits per heavy atom. The standard InChI is InChI=1S/C21H21F3N2O4S/c1-30-18-6-2-15(3-7-18)16-10-12-26(13-11-16)31(28,29)19-8-4-17(5-9-19)20(27)25-14-21(22,23)24/h2-10H,11-14H2,1H3,(H,25,27). The van der Waals surface area contributed by atoms with E-state index >= 15 is 0 Å². The molecule has 10 heteroatoms. The van der Waals surface area contributed by atoms with Gasteiger partial charge in [-0.15, -0.1) is 0 Å². The molecule has 166 valence electrons. The van der Waals surface area contributed by atoms with Crippen molar-refractivity contribution in [3.63, 3.8) is 0 Å². The first kappa shape index (κ1) is 22.8. The van der Waals surface area contributed by atoms with E-state index in [2.05, 4.69) is 0 Å². The number of methoxy groups -OCH3 is 1. The lowest BCUT2D eigenvalue weighted by molar-refractivity contribution is -0.123. The molecule has 1 heterocycles. The zero-order valence-electron chi connectivity index (χ0n) is 16.6. The smallest absolute Gasteiger partial charge is 0.405 e. The summed E-state index contributed by atoms with van der Waals surface area (Å²) >= 11 is 0. The van der Waals surface area contributed by atoms with Gasteiger partial charge < -0.3 is 10.1 Å². The van der Waals surface area contributed by atoms with Crippen molar-refractivity contribution in [3.8, 4) is 5.75 Å². The number of carbonyl (C=O) groups is 1. The maximum absolute atomic E-state index is 12.9. The molecule has 0 saturated carbocycles. The SMILES string of the molecule is COc1ccc(C2=CCN(S(=O)(=O)c3ccc(C(=O)NCC(F)(F)F)cc3)CC2)cc1. The molecule has 0 radical (unpaired) electrons. The molecule has 1 N–H and O–H groups in total. The highest BCUT2D eigenvalue weighted by Crippen LogP contribution is 2.27. The fourth-order valence-electron chi connectivity index (χ4n) is 3.15. The summed E-state index contributed by atoms with van der Waals surface area (Å²) in [5, 5.41) is 1.75. The Balaban J connectivity index is 1.68. The summed E-state index contributed by atoms with van der Waals surface area (Å²) in [6.07, 6.45) is -2.14. The van der Waals surface area contributed by atoms with Crippen molar-refractivity contribution in [2.75, 3.05) is 26.7 Å². The van der Waals surface area contributed by atoms with Crippen molar-refractivity contribution in [2.24, 2.45) is 0 Å². The van der Waals surface area contributed by atoms with Crippen LogP contribution in [0.5, 0.6) is 5.75 Å². The van der Waals surface area contributed by atoms with Crippen LogP contribution in [0.2, 0.25) is 0 Å². The first-order valence-corrected chi connectivity index (χ1v) is 10.8. The molecular weight excluding hydrogens is 433 g/mol. The monoisotopic (exact) mass is 454 g/mol. The third-order valence-electron chi connectivity index (χ3n) is 4.84. The van der Waals surface area contributed by atoms with E-state index in [1.165, 1.54) is 28.6 Å². The number of alkyl halides is 3. The van der Waals surface area contributed by atoms with Gasteiger partial charge in [0.05, 0.1) is 12.0 Å². The van der Waals surface area contributed by atoms with Gasteiger partial charge in [0, 0.05) is 18.7 Å². The van der Waals surface area contributed by atoms with Gasteiger partial charge in [0.2, 0.25) is 10.0 Å². The fourth-order valence-corrected chi connectivity index (χ4v) is 4.53. The van der Waals surface area contributed by atoms with E-state index in [0.29, 0.717) is 6.42 Å². The van der Waals surface area contributed by atoms with Crippen molar-refractivity contribution in [3.05, 3.63) is 65.7 Å². The van der Waals surface area contributed by atoms with Gasteiger partial charge in [-0.25, -0.2) is 8.42 Å². The number of ether oxygens (including phenoxy) is 1. The van der Waals surface area contributed by atoms with Crippen LogP contribution in [0.15, 0.2) is 59.5 Å². The molecule has 31 heavy (non-hydrogen) atoms. The molecule has 0 aromatic heterocycles. The highest BCUT2D eigenvalue weighted by atomic mass is 32.2. The summed E-state index contributed by atoms with van der Waals surface area (Å²) in [7, 11) is -2.22. The average Bonchev–Trinajstić information content (AvgIpc) is 2.77. The lowest BCUT2D eigenvalue weighted by Gasteiger charge is -2.26. The third kappa shape index (κ3) is 5.65. The number of hydrogen-bond acceptors (Lipinski definition) is 4. The second kappa shape index (κ2) is 9.11. The van der Waals surface area contributed by atoms with E-state index in [4.69, 9.17) is 4.74 Å². The summed E-state index contributed by atoms with van der Waals surface area (Å²) < 4.78 is 68.9. The van der Waals surface area contributed by atoms with Crippen molar-refractivity contribution in [1.29, 1.82) is 0 Å². The maximum Gasteiger partial charge on any atom is 0.405 e. The van der Waals surface area contributed by atoms with Crippen LogP contribution < -0.4 is 10.1 Å². The van der Waals surface area contributed by atoms with Crippen LogP contribution in [0.3, 0.4) is 0 Å². The van der Waals surface area contributed by atoms with E-state index in [1.807, 2.05) is 30.3 Å². The number of amides is 1. The number of nitrogens with zero attached hydrogens (tertiary/aromatic N) is 1. The summed E-state index contributed by atoms with van der Waals surface area (Å²) in [6, 6.07) is 12.3. The molecule has 3 rings (SSSR count). The van der Waals surface area contributed by atoms with Gasteiger partial charge in [-0.3, -0.25) is 4.79 Å². The minimum atomic E-state index is -4.52. The highest BCUT2D eigenvalue weighted by Gasteiger charge is 2.29. The first-order valence-electron chi connectivity index (χ1n) is 9.39. The molecule has 0 bridgehead atoms. The number of hydrogen-bond donors (Lipinski definition) is 1. The predicted molar refractivity (Wildman–Crippen MR) is 109 cm³/mol. The number of carbonyl (C=O) groups excluding carboxylic acids is 1. The Bertz CT molecular complexity index is 1060. The average molecular weight is 454 g/mol.